The third-order valence-electron chi connectivity index (χ3n) is 7.65. The van der Waals surface area contributed by atoms with Gasteiger partial charge in [-0.15, -0.1) is 54.1 Å². The summed E-state index contributed by atoms with van der Waals surface area (Å²) in [7, 11) is 0. The van der Waals surface area contributed by atoms with E-state index in [1.807, 2.05) is 91.1 Å². The molecule has 0 fully saturated rings. The Morgan fingerprint density at radius 3 is 2.11 bits per heavy atom. The molecule has 225 valence electrons. The zero-order valence-corrected chi connectivity index (χ0v) is 27.3. The van der Waals surface area contributed by atoms with Crippen LogP contribution < -0.4 is 0 Å². The van der Waals surface area contributed by atoms with Gasteiger partial charge in [0, 0.05) is 43.6 Å². The van der Waals surface area contributed by atoms with Crippen LogP contribution >= 0.6 is 0 Å². The SMILES string of the molecule is [Ir].[c-]1ccc2c(oc3nc(CCc4ccccc4)ccc32)c1-c1ccc(-c2ccccc2)cn1.[c-]1ccccc1-c1ccccn1. The van der Waals surface area contributed by atoms with Crippen LogP contribution in [-0.4, -0.2) is 15.0 Å². The first-order chi connectivity index (χ1) is 22.3. The predicted octanol–water partition coefficient (Wildman–Crippen LogP) is 9.84. The van der Waals surface area contributed by atoms with Crippen LogP contribution in [0.15, 0.2) is 156 Å². The van der Waals surface area contributed by atoms with Crippen molar-refractivity contribution in [1.82, 2.24) is 15.0 Å². The van der Waals surface area contributed by atoms with E-state index < -0.39 is 0 Å². The Hall–Kier alpha value is -5.22. The summed E-state index contributed by atoms with van der Waals surface area (Å²) in [6.45, 7) is 0. The molecule has 1 radical (unpaired) electrons. The molecule has 4 aromatic heterocycles. The Labute approximate surface area is 282 Å². The first kappa shape index (κ1) is 30.8. The molecule has 5 heteroatoms. The molecule has 0 unspecified atom stereocenters. The average molecular weight is 772 g/mol. The Bertz CT molecular complexity index is 2090. The van der Waals surface area contributed by atoms with Gasteiger partial charge in [0.1, 0.15) is 0 Å². The Kier molecular flexibility index (Phi) is 9.84. The molecule has 4 nitrogen and oxygen atoms in total. The summed E-state index contributed by atoms with van der Waals surface area (Å²) >= 11 is 0. The Morgan fingerprint density at radius 2 is 1.37 bits per heavy atom. The molecule has 0 spiro atoms. The van der Waals surface area contributed by atoms with Crippen molar-refractivity contribution >= 4 is 22.1 Å². The van der Waals surface area contributed by atoms with E-state index in [4.69, 9.17) is 14.4 Å². The summed E-state index contributed by atoms with van der Waals surface area (Å²) < 4.78 is 6.26. The first-order valence-electron chi connectivity index (χ1n) is 15.0. The minimum atomic E-state index is 0. The maximum absolute atomic E-state index is 6.26. The Morgan fingerprint density at radius 1 is 0.565 bits per heavy atom. The number of pyridine rings is 3. The monoisotopic (exact) mass is 772 g/mol. The second-order valence-electron chi connectivity index (χ2n) is 10.6. The molecule has 8 aromatic rings. The van der Waals surface area contributed by atoms with E-state index >= 15 is 0 Å². The van der Waals surface area contributed by atoms with Gasteiger partial charge in [-0.1, -0.05) is 95.9 Å². The number of benzene rings is 4. The molecule has 4 aromatic carbocycles. The molecule has 0 N–H and O–H groups in total. The van der Waals surface area contributed by atoms with E-state index in [2.05, 4.69) is 71.7 Å². The van der Waals surface area contributed by atoms with Crippen molar-refractivity contribution in [2.24, 2.45) is 0 Å². The van der Waals surface area contributed by atoms with E-state index in [0.717, 1.165) is 68.5 Å². The van der Waals surface area contributed by atoms with Crippen molar-refractivity contribution in [2.45, 2.75) is 12.8 Å². The summed E-state index contributed by atoms with van der Waals surface area (Å²) in [5, 5.41) is 2.06. The minimum Gasteiger partial charge on any atom is -0.486 e. The van der Waals surface area contributed by atoms with Gasteiger partial charge in [-0.3, -0.25) is 0 Å². The standard InChI is InChI=1S/C30H21N2O.C11H8N.Ir/c1-3-8-21(9-4-1)14-16-24-17-18-26-25-12-7-13-27(29(25)33-30(26)32-24)28-19-15-23(20-31-28)22-10-5-2-6-11-22;1-2-6-10(7-3-1)11-8-4-5-9-12-11;/h1-12,15,17-20H,14,16H2;1-6,8-9H;/q2*-1;. The molecule has 4 heterocycles. The zero-order valence-electron chi connectivity index (χ0n) is 24.9. The fraction of sp³-hybridized carbons (Fsp3) is 0.0488. The molecule has 8 rings (SSSR count). The molecule has 0 atom stereocenters. The van der Waals surface area contributed by atoms with E-state index in [1.54, 1.807) is 6.20 Å². The molecule has 0 saturated carbocycles. The maximum Gasteiger partial charge on any atom is 0.216 e. The van der Waals surface area contributed by atoms with Crippen molar-refractivity contribution in [3.63, 3.8) is 0 Å². The van der Waals surface area contributed by atoms with Gasteiger partial charge in [0.05, 0.1) is 5.58 Å². The van der Waals surface area contributed by atoms with E-state index in [-0.39, 0.29) is 20.1 Å². The van der Waals surface area contributed by atoms with Crippen LogP contribution in [0.5, 0.6) is 0 Å². The number of aryl methyl sites for hydroxylation is 2. The fourth-order valence-electron chi connectivity index (χ4n) is 5.32. The van der Waals surface area contributed by atoms with Crippen LogP contribution in [0.3, 0.4) is 0 Å². The summed E-state index contributed by atoms with van der Waals surface area (Å²) in [4.78, 5) is 13.7. The molecule has 0 aliphatic rings. The van der Waals surface area contributed by atoms with Gasteiger partial charge >= 0.3 is 0 Å². The predicted molar refractivity (Wildman–Crippen MR) is 181 cm³/mol. The van der Waals surface area contributed by atoms with Gasteiger partial charge in [0.15, 0.2) is 0 Å². The fourth-order valence-corrected chi connectivity index (χ4v) is 5.32. The molecule has 0 aliphatic carbocycles. The minimum absolute atomic E-state index is 0. The van der Waals surface area contributed by atoms with Gasteiger partial charge in [0.2, 0.25) is 5.71 Å². The third kappa shape index (κ3) is 7.02. The van der Waals surface area contributed by atoms with Crippen molar-refractivity contribution in [2.75, 3.05) is 0 Å². The number of hydrogen-bond donors (Lipinski definition) is 0. The summed E-state index contributed by atoms with van der Waals surface area (Å²) in [5.74, 6) is 0. The quantitative estimate of drug-likeness (QED) is 0.158. The first-order valence-corrected chi connectivity index (χ1v) is 15.0. The van der Waals surface area contributed by atoms with Gasteiger partial charge in [-0.05, 0) is 59.1 Å². The van der Waals surface area contributed by atoms with Crippen LogP contribution in [0.25, 0.3) is 55.7 Å². The number of fused-ring (bicyclic) bond motifs is 3. The maximum atomic E-state index is 6.26. The van der Waals surface area contributed by atoms with Gasteiger partial charge < -0.3 is 14.4 Å². The second-order valence-corrected chi connectivity index (χ2v) is 10.6. The largest absolute Gasteiger partial charge is 0.486 e. The average Bonchev–Trinajstić information content (AvgIpc) is 3.51. The molecule has 0 bridgehead atoms. The molecule has 46 heavy (non-hydrogen) atoms. The summed E-state index contributed by atoms with van der Waals surface area (Å²) in [6.07, 6.45) is 5.52. The van der Waals surface area contributed by atoms with Crippen LogP contribution in [0, 0.1) is 12.1 Å². The van der Waals surface area contributed by atoms with Gasteiger partial charge in [-0.2, -0.15) is 0 Å². The number of aromatic nitrogens is 3. The topological polar surface area (TPSA) is 51.8 Å². The summed E-state index contributed by atoms with van der Waals surface area (Å²) in [5.41, 5.74) is 9.72. The molecule has 0 aliphatic heterocycles. The van der Waals surface area contributed by atoms with Gasteiger partial charge in [0.25, 0.3) is 0 Å². The Balaban J connectivity index is 0.000000241. The number of furan rings is 1. The van der Waals surface area contributed by atoms with Crippen LogP contribution in [0.1, 0.15) is 11.3 Å². The van der Waals surface area contributed by atoms with E-state index in [0.29, 0.717) is 5.71 Å². The molecular formula is C41H29IrN3O-2. The smallest absolute Gasteiger partial charge is 0.216 e. The van der Waals surface area contributed by atoms with Crippen molar-refractivity contribution < 1.29 is 24.5 Å². The second kappa shape index (κ2) is 14.7. The van der Waals surface area contributed by atoms with Crippen molar-refractivity contribution in [3.05, 3.63) is 175 Å². The summed E-state index contributed by atoms with van der Waals surface area (Å²) in [6, 6.07) is 53.2. The molecule has 0 saturated heterocycles. The number of rotatable bonds is 6. The molecule has 0 amide bonds. The zero-order chi connectivity index (χ0) is 30.3. The number of hydrogen-bond acceptors (Lipinski definition) is 4. The molecular weight excluding hydrogens is 743 g/mol. The van der Waals surface area contributed by atoms with Gasteiger partial charge in [-0.25, -0.2) is 4.98 Å². The third-order valence-corrected chi connectivity index (χ3v) is 7.65. The van der Waals surface area contributed by atoms with Crippen LogP contribution in [-0.2, 0) is 32.9 Å². The van der Waals surface area contributed by atoms with E-state index in [1.165, 1.54) is 5.56 Å². The van der Waals surface area contributed by atoms with Crippen LogP contribution in [0.4, 0.5) is 0 Å². The van der Waals surface area contributed by atoms with Crippen molar-refractivity contribution in [1.29, 1.82) is 0 Å². The normalized spacial score (nSPS) is 10.6. The van der Waals surface area contributed by atoms with Crippen molar-refractivity contribution in [3.8, 4) is 33.6 Å². The van der Waals surface area contributed by atoms with Crippen LogP contribution in [0.2, 0.25) is 0 Å². The van der Waals surface area contributed by atoms with E-state index in [9.17, 15) is 0 Å². The number of nitrogens with zero attached hydrogens (tertiary/aromatic N) is 3.